The summed E-state index contributed by atoms with van der Waals surface area (Å²) in [6, 6.07) is 15.1. The van der Waals surface area contributed by atoms with Crippen molar-refractivity contribution >= 4 is 55.9 Å². The maximum Gasteiger partial charge on any atom is 0.416 e. The van der Waals surface area contributed by atoms with Gasteiger partial charge in [-0.15, -0.1) is 22.7 Å². The number of carbonyl (C=O) groups excluding carboxylic acids is 1. The molecule has 4 aromatic rings. The maximum absolute atomic E-state index is 13.6. The number of hydrogen-bond acceptors (Lipinski definition) is 7. The zero-order valence-corrected chi connectivity index (χ0v) is 25.7. The van der Waals surface area contributed by atoms with Crippen LogP contribution in [0.1, 0.15) is 34.6 Å². The monoisotopic (exact) mass is 658 g/mol. The van der Waals surface area contributed by atoms with E-state index in [-0.39, 0.29) is 25.5 Å². The van der Waals surface area contributed by atoms with Crippen LogP contribution < -0.4 is 20.1 Å². The molecule has 14 heteroatoms. The van der Waals surface area contributed by atoms with E-state index in [0.717, 1.165) is 58.2 Å². The predicted molar refractivity (Wildman–Crippen MR) is 163 cm³/mol. The van der Waals surface area contributed by atoms with E-state index < -0.39 is 38.8 Å². The second-order valence-electron chi connectivity index (χ2n) is 9.99. The van der Waals surface area contributed by atoms with Crippen molar-refractivity contribution in [3.8, 4) is 11.8 Å². The Kier molecular flexibility index (Phi) is 8.94. The summed E-state index contributed by atoms with van der Waals surface area (Å²) in [5.41, 5.74) is -2.33. The zero-order valence-electron chi connectivity index (χ0n) is 23.2. The Morgan fingerprint density at radius 1 is 1.02 bits per heavy atom. The largest absolute Gasteiger partial charge is 0.416 e. The molecule has 8 nitrogen and oxygen atoms in total. The Bertz CT molecular complexity index is 2070. The van der Waals surface area contributed by atoms with Crippen LogP contribution in [0.3, 0.4) is 0 Å². The molecule has 1 aliphatic heterocycles. The first kappa shape index (κ1) is 31.4. The summed E-state index contributed by atoms with van der Waals surface area (Å²) in [6.07, 6.45) is -0.709. The lowest BCUT2D eigenvalue weighted by Gasteiger charge is -2.26. The summed E-state index contributed by atoms with van der Waals surface area (Å²) in [5, 5.41) is 12.6. The summed E-state index contributed by atoms with van der Waals surface area (Å²) in [5.74, 6) is -0.958. The highest BCUT2D eigenvalue weighted by Crippen LogP contribution is 2.30. The van der Waals surface area contributed by atoms with Gasteiger partial charge in [0.2, 0.25) is 10.0 Å². The number of sulfonamides is 1. The number of nitrogens with one attached hydrogen (secondary N) is 1. The number of piperidine rings is 1. The van der Waals surface area contributed by atoms with Gasteiger partial charge in [-0.1, -0.05) is 18.6 Å². The minimum atomic E-state index is -4.70. The minimum absolute atomic E-state index is 0.0316. The van der Waals surface area contributed by atoms with E-state index in [0.29, 0.717) is 18.0 Å². The molecule has 2 aromatic carbocycles. The molecule has 3 heterocycles. The molecular weight excluding hydrogens is 634 g/mol. The van der Waals surface area contributed by atoms with Crippen LogP contribution in [0.15, 0.2) is 70.4 Å². The molecule has 0 radical (unpaired) electrons. The average Bonchev–Trinajstić information content (AvgIpc) is 3.55. The van der Waals surface area contributed by atoms with E-state index in [1.165, 1.54) is 46.0 Å². The van der Waals surface area contributed by atoms with E-state index in [1.807, 2.05) is 13.0 Å². The number of thiophene rings is 1. The number of halogens is 3. The van der Waals surface area contributed by atoms with Gasteiger partial charge in [0, 0.05) is 28.5 Å². The first-order chi connectivity index (χ1) is 20.9. The van der Waals surface area contributed by atoms with Gasteiger partial charge < -0.3 is 5.32 Å². The van der Waals surface area contributed by atoms with Crippen molar-refractivity contribution in [2.75, 3.05) is 18.4 Å². The van der Waals surface area contributed by atoms with Crippen molar-refractivity contribution in [3.63, 3.8) is 0 Å². The molecule has 0 aliphatic carbocycles. The highest BCUT2D eigenvalue weighted by Gasteiger charge is 2.31. The third-order valence-electron chi connectivity index (χ3n) is 6.89. The highest BCUT2D eigenvalue weighted by molar-refractivity contribution is 7.89. The van der Waals surface area contributed by atoms with Crippen molar-refractivity contribution in [2.45, 2.75) is 37.3 Å². The fraction of sp³-hybridized carbons (Fsp3) is 0.233. The van der Waals surface area contributed by atoms with Crippen molar-refractivity contribution in [2.24, 2.45) is 0 Å². The molecule has 2 aromatic heterocycles. The quantitative estimate of drug-likeness (QED) is 0.326. The van der Waals surface area contributed by atoms with Gasteiger partial charge in [0.05, 0.1) is 20.7 Å². The minimum Gasteiger partial charge on any atom is -0.321 e. The molecule has 0 unspecified atom stereocenters. The van der Waals surface area contributed by atoms with Gasteiger partial charge >= 0.3 is 6.18 Å². The molecular formula is C30H25F3N4O4S3. The molecule has 0 spiro atoms. The molecule has 44 heavy (non-hydrogen) atoms. The summed E-state index contributed by atoms with van der Waals surface area (Å²) in [6.45, 7) is 2.66. The van der Waals surface area contributed by atoms with Crippen molar-refractivity contribution < 1.29 is 26.4 Å². The molecule has 5 rings (SSSR count). The van der Waals surface area contributed by atoms with E-state index in [1.54, 1.807) is 18.2 Å². The Balaban J connectivity index is 1.63. The van der Waals surface area contributed by atoms with Gasteiger partial charge in [-0.25, -0.2) is 8.42 Å². The van der Waals surface area contributed by atoms with Crippen LogP contribution >= 0.6 is 22.7 Å². The molecule has 1 amide bonds. The third-order valence-corrected chi connectivity index (χ3v) is 10.8. The molecule has 0 atom stereocenters. The van der Waals surface area contributed by atoms with Crippen LogP contribution in [0.5, 0.6) is 0 Å². The normalized spacial score (nSPS) is 15.6. The van der Waals surface area contributed by atoms with Crippen LogP contribution in [0, 0.1) is 18.3 Å². The lowest BCUT2D eigenvalue weighted by Crippen LogP contribution is -2.35. The molecule has 1 saturated heterocycles. The van der Waals surface area contributed by atoms with Crippen molar-refractivity contribution in [1.29, 1.82) is 5.26 Å². The third kappa shape index (κ3) is 6.56. The number of anilines is 1. The van der Waals surface area contributed by atoms with E-state index >= 15 is 0 Å². The SMILES string of the molecule is Cc1ccc(/C=c2/s/c(=C(\C#N)C(=O)Nc3cccc(S(=O)(=O)N4CCCCC4)c3)n(-c3cccc(C(F)(F)F)c3)c2=O)s1. The van der Waals surface area contributed by atoms with E-state index in [4.69, 9.17) is 0 Å². The number of hydrogen-bond donors (Lipinski definition) is 1. The average molecular weight is 659 g/mol. The molecule has 228 valence electrons. The Labute approximate surface area is 258 Å². The standard InChI is InChI=1S/C30H25F3N4O4S3/c1-19-11-12-23(42-19)17-26-28(39)37(22-9-5-7-20(15-22)30(31,32)33)29(43-26)25(18-34)27(38)35-21-8-6-10-24(16-21)44(40,41)36-13-3-2-4-14-36/h5-12,15-17H,2-4,13-14H2,1H3,(H,35,38)/b26-17+,29-25+. The lowest BCUT2D eigenvalue weighted by atomic mass is 10.2. The Morgan fingerprint density at radius 2 is 1.75 bits per heavy atom. The lowest BCUT2D eigenvalue weighted by molar-refractivity contribution is -0.137. The maximum atomic E-state index is 13.6. The summed E-state index contributed by atoms with van der Waals surface area (Å²) in [7, 11) is -3.82. The second-order valence-corrected chi connectivity index (χ2v) is 14.3. The number of nitrogens with zero attached hydrogens (tertiary/aromatic N) is 3. The number of nitriles is 1. The van der Waals surface area contributed by atoms with Gasteiger partial charge in [0.15, 0.2) is 5.57 Å². The van der Waals surface area contributed by atoms with Crippen LogP contribution in [-0.4, -0.2) is 36.3 Å². The van der Waals surface area contributed by atoms with Crippen LogP contribution in [0.25, 0.3) is 17.3 Å². The highest BCUT2D eigenvalue weighted by atomic mass is 32.2. The van der Waals surface area contributed by atoms with E-state index in [9.17, 15) is 36.4 Å². The topological polar surface area (TPSA) is 112 Å². The fourth-order valence-electron chi connectivity index (χ4n) is 4.74. The molecule has 0 bridgehead atoms. The molecule has 1 fully saturated rings. The first-order valence-corrected chi connectivity index (χ1v) is 16.5. The fourth-order valence-corrected chi connectivity index (χ4v) is 8.30. The number of thiazole rings is 1. The number of aromatic nitrogens is 1. The first-order valence-electron chi connectivity index (χ1n) is 13.4. The van der Waals surface area contributed by atoms with Crippen molar-refractivity contribution in [3.05, 3.63) is 95.5 Å². The molecule has 1 N–H and O–H groups in total. The van der Waals surface area contributed by atoms with Crippen molar-refractivity contribution in [1.82, 2.24) is 8.87 Å². The molecule has 1 aliphatic rings. The number of aryl methyl sites for hydroxylation is 1. The molecule has 0 saturated carbocycles. The van der Waals surface area contributed by atoms with Gasteiger partial charge in [-0.3, -0.25) is 14.2 Å². The van der Waals surface area contributed by atoms with Gasteiger partial charge in [-0.2, -0.15) is 22.7 Å². The zero-order chi connectivity index (χ0) is 31.6. The number of benzene rings is 2. The van der Waals surface area contributed by atoms with Crippen LogP contribution in [-0.2, 0) is 21.0 Å². The predicted octanol–water partition coefficient (Wildman–Crippen LogP) is 4.60. The Hall–Kier alpha value is -4.03. The van der Waals surface area contributed by atoms with Crippen LogP contribution in [0.2, 0.25) is 0 Å². The smallest absolute Gasteiger partial charge is 0.321 e. The summed E-state index contributed by atoms with van der Waals surface area (Å²) < 4.78 is 69.2. The van der Waals surface area contributed by atoms with Gasteiger partial charge in [0.1, 0.15) is 10.7 Å². The van der Waals surface area contributed by atoms with Gasteiger partial charge in [0.25, 0.3) is 11.5 Å². The summed E-state index contributed by atoms with van der Waals surface area (Å²) in [4.78, 5) is 28.7. The number of carbonyl (C=O) groups is 1. The summed E-state index contributed by atoms with van der Waals surface area (Å²) >= 11 is 2.19. The second kappa shape index (κ2) is 12.5. The Morgan fingerprint density at radius 3 is 2.41 bits per heavy atom. The van der Waals surface area contributed by atoms with Crippen LogP contribution in [0.4, 0.5) is 18.9 Å². The number of amides is 1. The van der Waals surface area contributed by atoms with E-state index in [2.05, 4.69) is 5.32 Å². The number of alkyl halides is 3. The van der Waals surface area contributed by atoms with Gasteiger partial charge in [-0.05, 0) is 74.4 Å². The number of rotatable bonds is 6.